The molecule has 0 saturated carbocycles. The molecule has 0 fully saturated rings. The van der Waals surface area contributed by atoms with E-state index in [9.17, 15) is 0 Å². The van der Waals surface area contributed by atoms with Gasteiger partial charge in [-0.15, -0.1) is 0 Å². The molecule has 0 spiro atoms. The van der Waals surface area contributed by atoms with Gasteiger partial charge in [-0.05, 0) is 42.7 Å². The molecule has 0 aliphatic heterocycles. The van der Waals surface area contributed by atoms with Crippen molar-refractivity contribution in [1.82, 2.24) is 9.38 Å². The van der Waals surface area contributed by atoms with E-state index in [0.717, 1.165) is 5.52 Å². The Hall–Kier alpha value is -1.83. The standard InChI is InChI=1S/C15H16N2/c1-10(2)15-13-5-4-8-17(13)14-9-11(3)6-7-12(14)16-15/h4-10H,1-3H3. The molecule has 3 aromatic rings. The van der Waals surface area contributed by atoms with Crippen LogP contribution in [-0.4, -0.2) is 9.38 Å². The first-order chi connectivity index (χ1) is 8.16. The summed E-state index contributed by atoms with van der Waals surface area (Å²) in [6.45, 7) is 6.50. The molecule has 0 atom stereocenters. The molecule has 3 rings (SSSR count). The summed E-state index contributed by atoms with van der Waals surface area (Å²) in [7, 11) is 0. The molecule has 0 aliphatic carbocycles. The zero-order valence-electron chi connectivity index (χ0n) is 10.4. The number of aryl methyl sites for hydroxylation is 1. The van der Waals surface area contributed by atoms with Crippen LogP contribution in [0.4, 0.5) is 0 Å². The molecular formula is C15H16N2. The third-order valence-corrected chi connectivity index (χ3v) is 3.19. The molecule has 86 valence electrons. The molecule has 0 amide bonds. The van der Waals surface area contributed by atoms with Gasteiger partial charge in [-0.1, -0.05) is 19.9 Å². The maximum absolute atomic E-state index is 4.80. The van der Waals surface area contributed by atoms with Gasteiger partial charge >= 0.3 is 0 Å². The number of aromatic nitrogens is 2. The van der Waals surface area contributed by atoms with Crippen LogP contribution >= 0.6 is 0 Å². The molecule has 0 saturated heterocycles. The maximum Gasteiger partial charge on any atom is 0.0874 e. The third kappa shape index (κ3) is 1.52. The summed E-state index contributed by atoms with van der Waals surface area (Å²) in [5.41, 5.74) is 5.92. The molecule has 0 bridgehead atoms. The van der Waals surface area contributed by atoms with Gasteiger partial charge in [-0.25, -0.2) is 4.98 Å². The maximum atomic E-state index is 4.80. The van der Waals surface area contributed by atoms with Crippen molar-refractivity contribution < 1.29 is 0 Å². The average molecular weight is 224 g/mol. The molecule has 2 aromatic heterocycles. The number of benzene rings is 1. The first kappa shape index (κ1) is 10.3. The molecular weight excluding hydrogens is 208 g/mol. The SMILES string of the molecule is Cc1ccc2nc(C(C)C)c3cccn3c2c1. The van der Waals surface area contributed by atoms with E-state index in [1.165, 1.54) is 22.3 Å². The van der Waals surface area contributed by atoms with Crippen LogP contribution in [0.25, 0.3) is 16.6 Å². The van der Waals surface area contributed by atoms with Crippen LogP contribution in [0.3, 0.4) is 0 Å². The lowest BCUT2D eigenvalue weighted by Crippen LogP contribution is -1.99. The first-order valence-corrected chi connectivity index (χ1v) is 6.04. The van der Waals surface area contributed by atoms with Gasteiger partial charge in [0.15, 0.2) is 0 Å². The van der Waals surface area contributed by atoms with Gasteiger partial charge in [0.25, 0.3) is 0 Å². The second-order valence-corrected chi connectivity index (χ2v) is 4.91. The first-order valence-electron chi connectivity index (χ1n) is 6.04. The molecule has 2 heteroatoms. The highest BCUT2D eigenvalue weighted by Crippen LogP contribution is 2.24. The highest BCUT2D eigenvalue weighted by molar-refractivity contribution is 5.80. The smallest absolute Gasteiger partial charge is 0.0874 e. The van der Waals surface area contributed by atoms with E-state index in [-0.39, 0.29) is 0 Å². The van der Waals surface area contributed by atoms with E-state index in [4.69, 9.17) is 4.98 Å². The normalized spacial score (nSPS) is 11.8. The topological polar surface area (TPSA) is 17.3 Å². The van der Waals surface area contributed by atoms with E-state index >= 15 is 0 Å². The fraction of sp³-hybridized carbons (Fsp3) is 0.267. The second kappa shape index (κ2) is 3.59. The van der Waals surface area contributed by atoms with Crippen LogP contribution in [0.15, 0.2) is 36.5 Å². The summed E-state index contributed by atoms with van der Waals surface area (Å²) >= 11 is 0. The van der Waals surface area contributed by atoms with E-state index in [0.29, 0.717) is 5.92 Å². The number of fused-ring (bicyclic) bond motifs is 3. The van der Waals surface area contributed by atoms with Crippen LogP contribution in [0, 0.1) is 6.92 Å². The van der Waals surface area contributed by atoms with E-state index in [1.54, 1.807) is 0 Å². The van der Waals surface area contributed by atoms with Gasteiger partial charge in [-0.2, -0.15) is 0 Å². The lowest BCUT2D eigenvalue weighted by Gasteiger charge is -2.11. The van der Waals surface area contributed by atoms with E-state index < -0.39 is 0 Å². The quantitative estimate of drug-likeness (QED) is 0.612. The van der Waals surface area contributed by atoms with Crippen molar-refractivity contribution >= 4 is 16.6 Å². The summed E-state index contributed by atoms with van der Waals surface area (Å²) < 4.78 is 2.24. The summed E-state index contributed by atoms with van der Waals surface area (Å²) in [5.74, 6) is 0.443. The molecule has 0 N–H and O–H groups in total. The monoisotopic (exact) mass is 224 g/mol. The predicted octanol–water partition coefficient (Wildman–Crippen LogP) is 3.92. The second-order valence-electron chi connectivity index (χ2n) is 4.91. The minimum atomic E-state index is 0.443. The molecule has 17 heavy (non-hydrogen) atoms. The number of hydrogen-bond acceptors (Lipinski definition) is 1. The summed E-state index contributed by atoms with van der Waals surface area (Å²) in [4.78, 5) is 4.80. The fourth-order valence-corrected chi connectivity index (χ4v) is 2.33. The van der Waals surface area contributed by atoms with Gasteiger partial charge in [0.05, 0.1) is 22.2 Å². The average Bonchev–Trinajstić information content (AvgIpc) is 2.76. The number of rotatable bonds is 1. The van der Waals surface area contributed by atoms with Crippen molar-refractivity contribution in [2.24, 2.45) is 0 Å². The van der Waals surface area contributed by atoms with Crippen molar-refractivity contribution in [3.05, 3.63) is 47.8 Å². The van der Waals surface area contributed by atoms with Gasteiger partial charge < -0.3 is 4.40 Å². The Morgan fingerprint density at radius 2 is 1.94 bits per heavy atom. The Morgan fingerprint density at radius 3 is 2.71 bits per heavy atom. The zero-order valence-corrected chi connectivity index (χ0v) is 10.4. The van der Waals surface area contributed by atoms with Crippen LogP contribution in [0.2, 0.25) is 0 Å². The molecule has 0 radical (unpaired) electrons. The van der Waals surface area contributed by atoms with Gasteiger partial charge in [0, 0.05) is 6.20 Å². The number of hydrogen-bond donors (Lipinski definition) is 0. The number of nitrogens with zero attached hydrogens (tertiary/aromatic N) is 2. The van der Waals surface area contributed by atoms with Crippen molar-refractivity contribution in [3.63, 3.8) is 0 Å². The minimum Gasteiger partial charge on any atom is -0.313 e. The zero-order chi connectivity index (χ0) is 12.0. The summed E-state index contributed by atoms with van der Waals surface area (Å²) in [5, 5.41) is 0. The van der Waals surface area contributed by atoms with Crippen molar-refractivity contribution in [2.45, 2.75) is 26.7 Å². The lowest BCUT2D eigenvalue weighted by molar-refractivity contribution is 0.832. The minimum absolute atomic E-state index is 0.443. The van der Waals surface area contributed by atoms with Crippen molar-refractivity contribution in [3.8, 4) is 0 Å². The lowest BCUT2D eigenvalue weighted by atomic mass is 10.1. The van der Waals surface area contributed by atoms with Crippen LogP contribution in [0.5, 0.6) is 0 Å². The molecule has 0 aliphatic rings. The van der Waals surface area contributed by atoms with Crippen LogP contribution in [0.1, 0.15) is 31.0 Å². The Balaban J connectivity index is 2.51. The highest BCUT2D eigenvalue weighted by Gasteiger charge is 2.10. The van der Waals surface area contributed by atoms with Gasteiger partial charge in [0.1, 0.15) is 0 Å². The Labute approximate surface area is 101 Å². The largest absolute Gasteiger partial charge is 0.313 e. The van der Waals surface area contributed by atoms with E-state index in [2.05, 4.69) is 61.7 Å². The summed E-state index contributed by atoms with van der Waals surface area (Å²) in [6.07, 6.45) is 2.12. The van der Waals surface area contributed by atoms with Gasteiger partial charge in [0.2, 0.25) is 0 Å². The molecule has 0 unspecified atom stereocenters. The Morgan fingerprint density at radius 1 is 1.12 bits per heavy atom. The summed E-state index contributed by atoms with van der Waals surface area (Å²) in [6, 6.07) is 10.7. The molecule has 2 nitrogen and oxygen atoms in total. The fourth-order valence-electron chi connectivity index (χ4n) is 2.33. The Bertz CT molecular complexity index is 693. The third-order valence-electron chi connectivity index (χ3n) is 3.19. The van der Waals surface area contributed by atoms with Crippen LogP contribution < -0.4 is 0 Å². The van der Waals surface area contributed by atoms with E-state index in [1.807, 2.05) is 0 Å². The molecule has 1 aromatic carbocycles. The van der Waals surface area contributed by atoms with Crippen molar-refractivity contribution in [2.75, 3.05) is 0 Å². The van der Waals surface area contributed by atoms with Gasteiger partial charge in [-0.3, -0.25) is 0 Å². The van der Waals surface area contributed by atoms with Crippen LogP contribution in [-0.2, 0) is 0 Å². The predicted molar refractivity (Wildman–Crippen MR) is 71.5 cm³/mol. The highest BCUT2D eigenvalue weighted by atomic mass is 14.9. The van der Waals surface area contributed by atoms with Crippen molar-refractivity contribution in [1.29, 1.82) is 0 Å². The molecule has 2 heterocycles. The Kier molecular flexibility index (Phi) is 2.18.